The lowest BCUT2D eigenvalue weighted by Crippen LogP contribution is -2.15. The first-order valence-corrected chi connectivity index (χ1v) is 6.99. The highest BCUT2D eigenvalue weighted by atomic mass is 16.5. The highest BCUT2D eigenvalue weighted by molar-refractivity contribution is 5.88. The van der Waals surface area contributed by atoms with Crippen molar-refractivity contribution >= 4 is 10.8 Å². The molecular weight excluding hydrogens is 220 g/mol. The topological polar surface area (TPSA) is 9.23 Å². The van der Waals surface area contributed by atoms with Gasteiger partial charge in [-0.1, -0.05) is 63.1 Å². The summed E-state index contributed by atoms with van der Waals surface area (Å²) in [7, 11) is 0. The van der Waals surface area contributed by atoms with Crippen molar-refractivity contribution in [3.05, 3.63) is 42.5 Å². The molecule has 1 heteroatoms. The van der Waals surface area contributed by atoms with Crippen LogP contribution in [0.25, 0.3) is 10.8 Å². The van der Waals surface area contributed by atoms with Crippen LogP contribution in [0, 0.1) is 0 Å². The van der Waals surface area contributed by atoms with Gasteiger partial charge < -0.3 is 4.74 Å². The summed E-state index contributed by atoms with van der Waals surface area (Å²) in [6, 6.07) is 14.7. The summed E-state index contributed by atoms with van der Waals surface area (Å²) in [6.45, 7) is 4.43. The molecule has 0 radical (unpaired) electrons. The van der Waals surface area contributed by atoms with Crippen molar-refractivity contribution in [2.24, 2.45) is 0 Å². The fraction of sp³-hybridized carbons (Fsp3) is 0.412. The Bertz CT molecular complexity index is 478. The van der Waals surface area contributed by atoms with Gasteiger partial charge in [0.15, 0.2) is 0 Å². The Morgan fingerprint density at radius 3 is 2.28 bits per heavy atom. The van der Waals surface area contributed by atoms with Gasteiger partial charge in [0.05, 0.1) is 6.10 Å². The third kappa shape index (κ3) is 3.04. The van der Waals surface area contributed by atoms with E-state index in [0.717, 1.165) is 18.6 Å². The third-order valence-electron chi connectivity index (χ3n) is 3.26. The Labute approximate surface area is 110 Å². The first-order chi connectivity index (χ1) is 8.85. The monoisotopic (exact) mass is 242 g/mol. The van der Waals surface area contributed by atoms with E-state index in [-0.39, 0.29) is 0 Å². The van der Waals surface area contributed by atoms with Gasteiger partial charge in [0.25, 0.3) is 0 Å². The van der Waals surface area contributed by atoms with Gasteiger partial charge in [-0.25, -0.2) is 0 Å². The second-order valence-electron chi connectivity index (χ2n) is 4.79. The van der Waals surface area contributed by atoms with Crippen molar-refractivity contribution in [2.45, 2.75) is 45.6 Å². The van der Waals surface area contributed by atoms with Gasteiger partial charge in [-0.05, 0) is 24.3 Å². The molecule has 0 spiro atoms. The van der Waals surface area contributed by atoms with Crippen LogP contribution in [0.3, 0.4) is 0 Å². The summed E-state index contributed by atoms with van der Waals surface area (Å²) in [4.78, 5) is 0. The average Bonchev–Trinajstić information content (AvgIpc) is 2.40. The molecule has 0 saturated carbocycles. The molecule has 0 atom stereocenters. The van der Waals surface area contributed by atoms with Crippen LogP contribution in [-0.4, -0.2) is 6.10 Å². The van der Waals surface area contributed by atoms with Gasteiger partial charge in [0.2, 0.25) is 0 Å². The minimum atomic E-state index is 0.353. The lowest BCUT2D eigenvalue weighted by atomic mass is 10.1. The van der Waals surface area contributed by atoms with E-state index in [2.05, 4.69) is 56.3 Å². The second kappa shape index (κ2) is 6.44. The molecule has 0 aliphatic rings. The third-order valence-corrected chi connectivity index (χ3v) is 3.26. The molecule has 0 saturated heterocycles. The van der Waals surface area contributed by atoms with E-state index in [1.54, 1.807) is 0 Å². The van der Waals surface area contributed by atoms with E-state index in [4.69, 9.17) is 4.74 Å². The van der Waals surface area contributed by atoms with Gasteiger partial charge >= 0.3 is 0 Å². The Kier molecular flexibility index (Phi) is 4.63. The van der Waals surface area contributed by atoms with Gasteiger partial charge in [-0.15, -0.1) is 0 Å². The molecule has 0 N–H and O–H groups in total. The minimum Gasteiger partial charge on any atom is -0.490 e. The Morgan fingerprint density at radius 2 is 1.56 bits per heavy atom. The molecule has 0 aromatic heterocycles. The predicted octanol–water partition coefficient (Wildman–Crippen LogP) is 5.19. The largest absolute Gasteiger partial charge is 0.490 e. The maximum absolute atomic E-state index is 6.21. The molecule has 0 unspecified atom stereocenters. The van der Waals surface area contributed by atoms with Crippen LogP contribution >= 0.6 is 0 Å². The molecule has 0 heterocycles. The summed E-state index contributed by atoms with van der Waals surface area (Å²) in [6.07, 6.45) is 4.98. The van der Waals surface area contributed by atoms with Gasteiger partial charge in [0.1, 0.15) is 5.75 Å². The van der Waals surface area contributed by atoms with E-state index in [9.17, 15) is 0 Å². The molecule has 0 aliphatic heterocycles. The molecule has 18 heavy (non-hydrogen) atoms. The average molecular weight is 242 g/mol. The number of rotatable bonds is 6. The van der Waals surface area contributed by atoms with Crippen molar-refractivity contribution in [3.63, 3.8) is 0 Å². The van der Waals surface area contributed by atoms with Gasteiger partial charge in [0, 0.05) is 5.39 Å². The normalized spacial score (nSPS) is 11.1. The number of ether oxygens (including phenoxy) is 1. The molecule has 2 rings (SSSR count). The van der Waals surface area contributed by atoms with E-state index in [0.29, 0.717) is 6.10 Å². The summed E-state index contributed by atoms with van der Waals surface area (Å²) in [5.41, 5.74) is 0. The maximum Gasteiger partial charge on any atom is 0.127 e. The molecule has 0 aliphatic carbocycles. The number of hydrogen-bond acceptors (Lipinski definition) is 1. The minimum absolute atomic E-state index is 0.353. The van der Waals surface area contributed by atoms with E-state index in [1.807, 2.05) is 0 Å². The number of fused-ring (bicyclic) bond motifs is 1. The smallest absolute Gasteiger partial charge is 0.127 e. The van der Waals surface area contributed by atoms with Crippen molar-refractivity contribution in [3.8, 4) is 5.75 Å². The molecular formula is C17H22O. The fourth-order valence-electron chi connectivity index (χ4n) is 2.38. The zero-order chi connectivity index (χ0) is 12.8. The highest BCUT2D eigenvalue weighted by Crippen LogP contribution is 2.27. The van der Waals surface area contributed by atoms with E-state index in [1.165, 1.54) is 23.6 Å². The van der Waals surface area contributed by atoms with Crippen molar-refractivity contribution in [2.75, 3.05) is 0 Å². The maximum atomic E-state index is 6.21. The van der Waals surface area contributed by atoms with Crippen LogP contribution in [0.5, 0.6) is 5.75 Å². The summed E-state index contributed by atoms with van der Waals surface area (Å²) < 4.78 is 6.21. The SMILES string of the molecule is CCCC(CCC)Oc1cccc2ccccc12. The molecule has 96 valence electrons. The Hall–Kier alpha value is -1.50. The molecule has 0 fully saturated rings. The van der Waals surface area contributed by atoms with E-state index >= 15 is 0 Å². The summed E-state index contributed by atoms with van der Waals surface area (Å²) >= 11 is 0. The number of hydrogen-bond donors (Lipinski definition) is 0. The summed E-state index contributed by atoms with van der Waals surface area (Å²) in [5.74, 6) is 1.03. The molecule has 0 amide bonds. The van der Waals surface area contributed by atoms with Crippen LogP contribution < -0.4 is 4.74 Å². The van der Waals surface area contributed by atoms with Crippen LogP contribution in [0.15, 0.2) is 42.5 Å². The molecule has 2 aromatic carbocycles. The van der Waals surface area contributed by atoms with Crippen molar-refractivity contribution in [1.82, 2.24) is 0 Å². The van der Waals surface area contributed by atoms with E-state index < -0.39 is 0 Å². The van der Waals surface area contributed by atoms with Crippen LogP contribution in [0.1, 0.15) is 39.5 Å². The van der Waals surface area contributed by atoms with Crippen LogP contribution in [0.4, 0.5) is 0 Å². The quantitative estimate of drug-likeness (QED) is 0.677. The van der Waals surface area contributed by atoms with Crippen molar-refractivity contribution in [1.29, 1.82) is 0 Å². The Morgan fingerprint density at radius 1 is 0.889 bits per heavy atom. The van der Waals surface area contributed by atoms with Crippen LogP contribution in [-0.2, 0) is 0 Å². The molecule has 1 nitrogen and oxygen atoms in total. The molecule has 0 bridgehead atoms. The fourth-order valence-corrected chi connectivity index (χ4v) is 2.38. The van der Waals surface area contributed by atoms with Gasteiger partial charge in [-0.2, -0.15) is 0 Å². The summed E-state index contributed by atoms with van der Waals surface area (Å²) in [5, 5.41) is 2.47. The number of benzene rings is 2. The first-order valence-electron chi connectivity index (χ1n) is 6.99. The lowest BCUT2D eigenvalue weighted by Gasteiger charge is -2.19. The predicted molar refractivity (Wildman–Crippen MR) is 78.2 cm³/mol. The lowest BCUT2D eigenvalue weighted by molar-refractivity contribution is 0.181. The second-order valence-corrected chi connectivity index (χ2v) is 4.79. The standard InChI is InChI=1S/C17H22O/c1-3-8-15(9-4-2)18-17-13-7-11-14-10-5-6-12-16(14)17/h5-7,10-13,15H,3-4,8-9H2,1-2H3. The zero-order valence-electron chi connectivity index (χ0n) is 11.4. The molecule has 2 aromatic rings. The van der Waals surface area contributed by atoms with Crippen molar-refractivity contribution < 1.29 is 4.74 Å². The van der Waals surface area contributed by atoms with Gasteiger partial charge in [-0.3, -0.25) is 0 Å². The van der Waals surface area contributed by atoms with Crippen LogP contribution in [0.2, 0.25) is 0 Å². The zero-order valence-corrected chi connectivity index (χ0v) is 11.4. The highest BCUT2D eigenvalue weighted by Gasteiger charge is 2.10. The first kappa shape index (κ1) is 12.9. The Balaban J connectivity index is 2.24.